The van der Waals surface area contributed by atoms with Crippen LogP contribution in [0, 0.1) is 20.2 Å². The van der Waals surface area contributed by atoms with Gasteiger partial charge < -0.3 is 9.57 Å². The van der Waals surface area contributed by atoms with Gasteiger partial charge in [-0.3, -0.25) is 25.1 Å². The fourth-order valence-electron chi connectivity index (χ4n) is 2.73. The molecule has 0 aliphatic carbocycles. The van der Waals surface area contributed by atoms with Gasteiger partial charge in [-0.15, -0.1) is 0 Å². The van der Waals surface area contributed by atoms with Gasteiger partial charge in [-0.05, 0) is 18.2 Å². The van der Waals surface area contributed by atoms with Crippen molar-refractivity contribution in [2.24, 2.45) is 5.16 Å². The Balaban J connectivity index is 1.90. The van der Waals surface area contributed by atoms with E-state index < -0.39 is 21.2 Å². The molecule has 0 atom stereocenters. The molecule has 11 heteroatoms. The molecule has 0 spiro atoms. The van der Waals surface area contributed by atoms with Gasteiger partial charge in [0, 0.05) is 36.3 Å². The summed E-state index contributed by atoms with van der Waals surface area (Å²) in [6.45, 7) is 3.06. The van der Waals surface area contributed by atoms with E-state index in [9.17, 15) is 20.2 Å². The quantitative estimate of drug-likeness (QED) is 0.383. The van der Waals surface area contributed by atoms with Crippen LogP contribution < -0.4 is 4.84 Å². The molecule has 0 bridgehead atoms. The minimum absolute atomic E-state index is 0.186. The fraction of sp³-hybridized carbons (Fsp3) is 0.278. The van der Waals surface area contributed by atoms with Gasteiger partial charge in [-0.1, -0.05) is 28.9 Å². The number of oxime groups is 1. The lowest BCUT2D eigenvalue weighted by Crippen LogP contribution is -2.39. The number of ether oxygens (including phenoxy) is 1. The average molecular weight is 421 g/mol. The summed E-state index contributed by atoms with van der Waals surface area (Å²) in [6.07, 6.45) is 0. The van der Waals surface area contributed by atoms with Crippen LogP contribution in [0.1, 0.15) is 5.56 Å². The van der Waals surface area contributed by atoms with Gasteiger partial charge in [0.05, 0.1) is 29.1 Å². The first-order chi connectivity index (χ1) is 13.9. The molecule has 1 aliphatic rings. The predicted molar refractivity (Wildman–Crippen MR) is 106 cm³/mol. The van der Waals surface area contributed by atoms with Crippen LogP contribution in [-0.2, 0) is 4.74 Å². The molecular formula is C18H17ClN4O6. The monoisotopic (exact) mass is 420 g/mol. The molecule has 152 valence electrons. The molecule has 3 rings (SSSR count). The number of non-ortho nitro benzene ring substituents is 1. The van der Waals surface area contributed by atoms with Crippen LogP contribution in [0.5, 0.6) is 5.75 Å². The fourth-order valence-corrected chi connectivity index (χ4v) is 2.86. The molecule has 29 heavy (non-hydrogen) atoms. The standard InChI is InChI=1S/C18H17ClN4O6/c19-14-3-1-13(2-4-14)16(12-21-7-9-28-10-8-21)20-29-18-6-5-15(22(24)25)11-17(18)23(26)27/h1-6,11H,7-10,12H2/b20-16+. The van der Waals surface area contributed by atoms with Crippen molar-refractivity contribution in [3.63, 3.8) is 0 Å². The highest BCUT2D eigenvalue weighted by atomic mass is 35.5. The first-order valence-electron chi connectivity index (χ1n) is 8.67. The van der Waals surface area contributed by atoms with Crippen molar-refractivity contribution >= 4 is 28.7 Å². The van der Waals surface area contributed by atoms with Crippen LogP contribution in [-0.4, -0.2) is 53.3 Å². The van der Waals surface area contributed by atoms with Crippen molar-refractivity contribution in [3.8, 4) is 5.75 Å². The number of hydrogen-bond acceptors (Lipinski definition) is 8. The highest BCUT2D eigenvalue weighted by molar-refractivity contribution is 6.30. The minimum Gasteiger partial charge on any atom is -0.379 e. The van der Waals surface area contributed by atoms with Gasteiger partial charge in [0.2, 0.25) is 5.75 Å². The molecule has 0 aromatic heterocycles. The van der Waals surface area contributed by atoms with Crippen molar-refractivity contribution in [1.82, 2.24) is 4.90 Å². The molecule has 2 aromatic rings. The third kappa shape index (κ3) is 5.47. The molecule has 1 aliphatic heterocycles. The molecule has 0 saturated carbocycles. The maximum atomic E-state index is 11.3. The second-order valence-electron chi connectivity index (χ2n) is 6.19. The number of morpholine rings is 1. The van der Waals surface area contributed by atoms with E-state index in [1.165, 1.54) is 0 Å². The zero-order chi connectivity index (χ0) is 20.8. The van der Waals surface area contributed by atoms with Crippen LogP contribution >= 0.6 is 11.6 Å². The van der Waals surface area contributed by atoms with Crippen LogP contribution in [0.2, 0.25) is 5.02 Å². The molecule has 0 radical (unpaired) electrons. The van der Waals surface area contributed by atoms with Crippen molar-refractivity contribution in [3.05, 3.63) is 73.3 Å². The van der Waals surface area contributed by atoms with Crippen molar-refractivity contribution in [2.45, 2.75) is 0 Å². The Kier molecular flexibility index (Phi) is 6.70. The summed E-state index contributed by atoms with van der Waals surface area (Å²) in [7, 11) is 0. The molecule has 1 fully saturated rings. The molecule has 1 heterocycles. The van der Waals surface area contributed by atoms with E-state index in [2.05, 4.69) is 10.1 Å². The molecule has 1 saturated heterocycles. The van der Waals surface area contributed by atoms with E-state index in [1.54, 1.807) is 24.3 Å². The summed E-state index contributed by atoms with van der Waals surface area (Å²) in [5.41, 5.74) is 0.339. The smallest absolute Gasteiger partial charge is 0.321 e. The Bertz CT molecular complexity index is 928. The third-order valence-corrected chi connectivity index (χ3v) is 4.51. The number of rotatable bonds is 7. The summed E-state index contributed by atoms with van der Waals surface area (Å²) in [6, 6.07) is 10.1. The van der Waals surface area contributed by atoms with Gasteiger partial charge in [0.15, 0.2) is 0 Å². The minimum atomic E-state index is -0.748. The number of halogens is 1. The van der Waals surface area contributed by atoms with Crippen LogP contribution in [0.25, 0.3) is 0 Å². The summed E-state index contributed by atoms with van der Waals surface area (Å²) in [4.78, 5) is 28.2. The Morgan fingerprint density at radius 2 is 1.79 bits per heavy atom. The second-order valence-corrected chi connectivity index (χ2v) is 6.63. The first-order valence-corrected chi connectivity index (χ1v) is 9.04. The van der Waals surface area contributed by atoms with E-state index >= 15 is 0 Å². The number of nitrogens with zero attached hydrogens (tertiary/aromatic N) is 4. The molecular weight excluding hydrogens is 404 g/mol. The van der Waals surface area contributed by atoms with Crippen LogP contribution in [0.15, 0.2) is 47.6 Å². The summed E-state index contributed by atoms with van der Waals surface area (Å²) < 4.78 is 5.34. The van der Waals surface area contributed by atoms with E-state index in [4.69, 9.17) is 21.2 Å². The van der Waals surface area contributed by atoms with Gasteiger partial charge in [-0.25, -0.2) is 0 Å². The van der Waals surface area contributed by atoms with Gasteiger partial charge in [0.25, 0.3) is 5.69 Å². The highest BCUT2D eigenvalue weighted by Gasteiger charge is 2.22. The topological polar surface area (TPSA) is 120 Å². The molecule has 0 unspecified atom stereocenters. The predicted octanol–water partition coefficient (Wildman–Crippen LogP) is 3.27. The Morgan fingerprint density at radius 1 is 1.10 bits per heavy atom. The normalized spacial score (nSPS) is 15.1. The average Bonchev–Trinajstić information content (AvgIpc) is 2.72. The lowest BCUT2D eigenvalue weighted by Gasteiger charge is -2.26. The summed E-state index contributed by atoms with van der Waals surface area (Å²) in [5.74, 6) is -0.186. The largest absolute Gasteiger partial charge is 0.379 e. The zero-order valence-electron chi connectivity index (χ0n) is 15.2. The van der Waals surface area contributed by atoms with Gasteiger partial charge in [0.1, 0.15) is 5.71 Å². The van der Waals surface area contributed by atoms with E-state index in [1.807, 2.05) is 0 Å². The summed E-state index contributed by atoms with van der Waals surface area (Å²) >= 11 is 5.95. The molecule has 10 nitrogen and oxygen atoms in total. The highest BCUT2D eigenvalue weighted by Crippen LogP contribution is 2.31. The van der Waals surface area contributed by atoms with Crippen LogP contribution in [0.3, 0.4) is 0 Å². The number of benzene rings is 2. The molecule has 0 N–H and O–H groups in total. The van der Waals surface area contributed by atoms with Crippen LogP contribution in [0.4, 0.5) is 11.4 Å². The lowest BCUT2D eigenvalue weighted by molar-refractivity contribution is -0.394. The number of nitro benzene ring substituents is 2. The molecule has 2 aromatic carbocycles. The van der Waals surface area contributed by atoms with Gasteiger partial charge in [-0.2, -0.15) is 0 Å². The zero-order valence-corrected chi connectivity index (χ0v) is 15.9. The Hall–Kier alpha value is -3.08. The number of nitro groups is 2. The maximum Gasteiger partial charge on any atom is 0.321 e. The number of hydrogen-bond donors (Lipinski definition) is 0. The molecule has 0 amide bonds. The third-order valence-electron chi connectivity index (χ3n) is 4.26. The second kappa shape index (κ2) is 9.41. The van der Waals surface area contributed by atoms with E-state index in [0.717, 1.165) is 23.8 Å². The lowest BCUT2D eigenvalue weighted by atomic mass is 10.1. The van der Waals surface area contributed by atoms with E-state index in [-0.39, 0.29) is 5.75 Å². The Morgan fingerprint density at radius 3 is 2.41 bits per heavy atom. The first kappa shape index (κ1) is 20.6. The van der Waals surface area contributed by atoms with Crippen molar-refractivity contribution in [2.75, 3.05) is 32.8 Å². The summed E-state index contributed by atoms with van der Waals surface area (Å²) in [5, 5.41) is 26.8. The SMILES string of the molecule is O=[N+]([O-])c1ccc(O/N=C(\CN2CCOCC2)c2ccc(Cl)cc2)c([N+](=O)[O-])c1. The van der Waals surface area contributed by atoms with Crippen molar-refractivity contribution in [1.29, 1.82) is 0 Å². The van der Waals surface area contributed by atoms with Gasteiger partial charge >= 0.3 is 5.69 Å². The van der Waals surface area contributed by atoms with Crippen molar-refractivity contribution < 1.29 is 19.4 Å². The van der Waals surface area contributed by atoms with E-state index in [0.29, 0.717) is 43.6 Å². The Labute approximate surface area is 170 Å². The maximum absolute atomic E-state index is 11.3.